The first kappa shape index (κ1) is 32.9. The fraction of sp³-hybridized carbons (Fsp3) is 0.576. The van der Waals surface area contributed by atoms with E-state index in [1.54, 1.807) is 42.5 Å². The Kier molecular flexibility index (Phi) is 8.29. The van der Waals surface area contributed by atoms with E-state index in [2.05, 4.69) is 50.9 Å². The molecule has 44 heavy (non-hydrogen) atoms. The maximum absolute atomic E-state index is 13.7. The van der Waals surface area contributed by atoms with Crippen LogP contribution < -0.4 is 9.64 Å². The summed E-state index contributed by atoms with van der Waals surface area (Å²) in [6.45, 7) is 22.6. The molecule has 0 spiro atoms. The fourth-order valence-electron chi connectivity index (χ4n) is 5.90. The lowest BCUT2D eigenvalue weighted by Crippen LogP contribution is -2.50. The molecular weight excluding hydrogens is 609 g/mol. The average Bonchev–Trinajstić information content (AvgIpc) is 3.49. The summed E-state index contributed by atoms with van der Waals surface area (Å²) in [6, 6.07) is 10.1. The zero-order valence-corrected chi connectivity index (χ0v) is 30.4. The van der Waals surface area contributed by atoms with Crippen LogP contribution in [0, 0.1) is 11.3 Å². The Morgan fingerprint density at radius 2 is 1.86 bits per heavy atom. The SMILES string of the molecule is CC1(C)CC(N2CCOc3cc(C#N)cc(-c4ccnc5cc(CO[Si](C)(C)C(C)(C)C)sc45)c32)CN1S(=O)(=O)C(C)(C)C. The van der Waals surface area contributed by atoms with E-state index in [-0.39, 0.29) is 11.1 Å². The highest BCUT2D eigenvalue weighted by Crippen LogP contribution is 2.48. The third kappa shape index (κ3) is 5.80. The second kappa shape index (κ2) is 11.1. The van der Waals surface area contributed by atoms with Crippen molar-refractivity contribution < 1.29 is 17.6 Å². The Balaban J connectivity index is 1.58. The molecule has 8 nitrogen and oxygen atoms in total. The Labute approximate surface area is 268 Å². The summed E-state index contributed by atoms with van der Waals surface area (Å²) in [6.07, 6.45) is 2.50. The molecule has 0 amide bonds. The van der Waals surface area contributed by atoms with E-state index >= 15 is 0 Å². The number of sulfonamides is 1. The van der Waals surface area contributed by atoms with Gasteiger partial charge in [-0.05, 0) is 77.4 Å². The number of thiophene rings is 1. The molecule has 0 bridgehead atoms. The van der Waals surface area contributed by atoms with E-state index in [1.165, 1.54) is 0 Å². The van der Waals surface area contributed by atoms with Crippen molar-refractivity contribution in [1.29, 1.82) is 5.26 Å². The summed E-state index contributed by atoms with van der Waals surface area (Å²) in [4.78, 5) is 8.12. The van der Waals surface area contributed by atoms with E-state index in [0.29, 0.717) is 44.0 Å². The highest BCUT2D eigenvalue weighted by molar-refractivity contribution is 7.90. The average molecular weight is 655 g/mol. The third-order valence-electron chi connectivity index (χ3n) is 9.51. The van der Waals surface area contributed by atoms with E-state index < -0.39 is 28.6 Å². The minimum atomic E-state index is -3.54. The van der Waals surface area contributed by atoms with Crippen molar-refractivity contribution in [3.8, 4) is 22.9 Å². The van der Waals surface area contributed by atoms with Gasteiger partial charge in [-0.3, -0.25) is 4.98 Å². The Hall–Kier alpha value is -2.49. The smallest absolute Gasteiger partial charge is 0.219 e. The number of fused-ring (bicyclic) bond motifs is 2. The standard InChI is InChI=1S/C33H46N4O4S2Si/c1-31(2,3)43(38,39)37-20-23(18-33(37,7)8)36-13-14-40-28-16-22(19-34)15-26(29(28)36)25-11-12-35-27-17-24(42-30(25)27)21-41-44(9,10)32(4,5)6/h11-12,15-17,23H,13-14,18,20-21H2,1-10H3. The molecule has 4 heterocycles. The minimum absolute atomic E-state index is 0.0503. The first-order valence-electron chi connectivity index (χ1n) is 15.3. The van der Waals surface area contributed by atoms with Crippen LogP contribution in [0.3, 0.4) is 0 Å². The minimum Gasteiger partial charge on any atom is -0.489 e. The lowest BCUT2D eigenvalue weighted by atomic mass is 9.96. The maximum atomic E-state index is 13.7. The summed E-state index contributed by atoms with van der Waals surface area (Å²) >= 11 is 1.68. The molecule has 5 rings (SSSR count). The summed E-state index contributed by atoms with van der Waals surface area (Å²) < 4.78 is 41.9. The van der Waals surface area contributed by atoms with Gasteiger partial charge in [0.2, 0.25) is 10.0 Å². The summed E-state index contributed by atoms with van der Waals surface area (Å²) in [5.74, 6) is 0.656. The number of nitriles is 1. The van der Waals surface area contributed by atoms with Gasteiger partial charge in [-0.1, -0.05) is 20.8 Å². The van der Waals surface area contributed by atoms with Crippen LogP contribution in [0.4, 0.5) is 5.69 Å². The predicted octanol–water partition coefficient (Wildman–Crippen LogP) is 7.54. The molecule has 0 aliphatic carbocycles. The molecule has 1 atom stereocenters. The van der Waals surface area contributed by atoms with E-state index in [1.807, 2.05) is 32.2 Å². The fourth-order valence-corrected chi connectivity index (χ4v) is 9.76. The van der Waals surface area contributed by atoms with Gasteiger partial charge in [0, 0.05) is 46.4 Å². The monoisotopic (exact) mass is 654 g/mol. The molecule has 1 aromatic carbocycles. The number of benzene rings is 1. The van der Waals surface area contributed by atoms with Gasteiger partial charge in [-0.2, -0.15) is 9.57 Å². The van der Waals surface area contributed by atoms with Crippen molar-refractivity contribution in [2.24, 2.45) is 0 Å². The molecule has 0 saturated carbocycles. The maximum Gasteiger partial charge on any atom is 0.219 e. The molecule has 1 saturated heterocycles. The van der Waals surface area contributed by atoms with E-state index in [4.69, 9.17) is 14.1 Å². The molecule has 2 aromatic heterocycles. The van der Waals surface area contributed by atoms with Crippen LogP contribution in [0.2, 0.25) is 18.1 Å². The highest BCUT2D eigenvalue weighted by Gasteiger charge is 2.51. The van der Waals surface area contributed by atoms with Crippen LogP contribution >= 0.6 is 11.3 Å². The predicted molar refractivity (Wildman–Crippen MR) is 182 cm³/mol. The Morgan fingerprint density at radius 1 is 1.16 bits per heavy atom. The van der Waals surface area contributed by atoms with Crippen LogP contribution in [0.15, 0.2) is 30.5 Å². The number of aromatic nitrogens is 1. The number of hydrogen-bond donors (Lipinski definition) is 0. The number of hydrogen-bond acceptors (Lipinski definition) is 8. The lowest BCUT2D eigenvalue weighted by molar-refractivity contribution is 0.279. The van der Waals surface area contributed by atoms with Crippen LogP contribution in [0.1, 0.15) is 72.3 Å². The summed E-state index contributed by atoms with van der Waals surface area (Å²) in [5.41, 5.74) is 3.67. The second-order valence-corrected chi connectivity index (χ2v) is 23.7. The largest absolute Gasteiger partial charge is 0.489 e. The van der Waals surface area contributed by atoms with Crippen molar-refractivity contribution in [2.75, 3.05) is 24.6 Å². The quantitative estimate of drug-likeness (QED) is 0.254. The van der Waals surface area contributed by atoms with Crippen molar-refractivity contribution in [1.82, 2.24) is 9.29 Å². The molecule has 1 fully saturated rings. The van der Waals surface area contributed by atoms with Gasteiger partial charge in [-0.15, -0.1) is 11.3 Å². The number of nitrogens with zero attached hydrogens (tertiary/aromatic N) is 4. The number of ether oxygens (including phenoxy) is 1. The van der Waals surface area contributed by atoms with E-state index in [9.17, 15) is 13.7 Å². The van der Waals surface area contributed by atoms with Gasteiger partial charge in [0.25, 0.3) is 0 Å². The summed E-state index contributed by atoms with van der Waals surface area (Å²) in [5, 5.41) is 10.1. The van der Waals surface area contributed by atoms with Gasteiger partial charge in [-0.25, -0.2) is 8.42 Å². The molecular formula is C33H46N4O4S2Si. The van der Waals surface area contributed by atoms with Crippen LogP contribution in [0.25, 0.3) is 21.3 Å². The third-order valence-corrected chi connectivity index (χ3v) is 17.9. The zero-order valence-electron chi connectivity index (χ0n) is 27.7. The van der Waals surface area contributed by atoms with Crippen molar-refractivity contribution in [3.05, 3.63) is 40.9 Å². The van der Waals surface area contributed by atoms with Crippen LogP contribution in [0.5, 0.6) is 5.75 Å². The van der Waals surface area contributed by atoms with E-state index in [0.717, 1.165) is 31.9 Å². The molecule has 2 aliphatic rings. The van der Waals surface area contributed by atoms with Crippen molar-refractivity contribution >= 4 is 45.6 Å². The topological polar surface area (TPSA) is 95.8 Å². The molecule has 0 N–H and O–H groups in total. The van der Waals surface area contributed by atoms with Gasteiger partial charge < -0.3 is 14.1 Å². The van der Waals surface area contributed by atoms with Gasteiger partial charge in [0.05, 0.1) is 45.4 Å². The first-order valence-corrected chi connectivity index (χ1v) is 20.4. The molecule has 0 radical (unpaired) electrons. The van der Waals surface area contributed by atoms with Crippen LogP contribution in [-0.2, 0) is 21.1 Å². The van der Waals surface area contributed by atoms with Crippen molar-refractivity contribution in [2.45, 2.75) is 103 Å². The number of pyridine rings is 1. The Morgan fingerprint density at radius 3 is 2.50 bits per heavy atom. The summed E-state index contributed by atoms with van der Waals surface area (Å²) in [7, 11) is -5.47. The second-order valence-electron chi connectivity index (χ2n) is 15.2. The molecule has 2 aliphatic heterocycles. The number of rotatable bonds is 6. The lowest BCUT2D eigenvalue weighted by Gasteiger charge is -2.38. The highest BCUT2D eigenvalue weighted by atomic mass is 32.2. The molecule has 11 heteroatoms. The van der Waals surface area contributed by atoms with Crippen molar-refractivity contribution in [3.63, 3.8) is 0 Å². The zero-order chi connectivity index (χ0) is 32.5. The van der Waals surface area contributed by atoms with Crippen LogP contribution in [-0.4, -0.2) is 62.0 Å². The van der Waals surface area contributed by atoms with Gasteiger partial charge in [0.15, 0.2) is 8.32 Å². The van der Waals surface area contributed by atoms with Gasteiger partial charge >= 0.3 is 0 Å². The molecule has 3 aromatic rings. The number of anilines is 1. The first-order chi connectivity index (χ1) is 20.3. The normalized spacial score (nSPS) is 19.6. The Bertz CT molecular complexity index is 1730. The molecule has 238 valence electrons. The molecule has 1 unspecified atom stereocenters. The van der Waals surface area contributed by atoms with Gasteiger partial charge in [0.1, 0.15) is 12.4 Å².